The summed E-state index contributed by atoms with van der Waals surface area (Å²) >= 11 is 6.29. The predicted octanol–water partition coefficient (Wildman–Crippen LogP) is 5.77. The highest BCUT2D eigenvalue weighted by atomic mass is 35.5. The van der Waals surface area contributed by atoms with Crippen molar-refractivity contribution in [3.8, 4) is 0 Å². The number of halogens is 2. The molecule has 2 N–H and O–H groups in total. The van der Waals surface area contributed by atoms with Crippen LogP contribution in [0.25, 0.3) is 0 Å². The summed E-state index contributed by atoms with van der Waals surface area (Å²) in [7, 11) is 0. The molecule has 40 heavy (non-hydrogen) atoms. The van der Waals surface area contributed by atoms with Gasteiger partial charge in [0.15, 0.2) is 0 Å². The molecule has 2 aliphatic rings. The second-order valence-electron chi connectivity index (χ2n) is 10.2. The summed E-state index contributed by atoms with van der Waals surface area (Å²) < 4.78 is 16.0. The van der Waals surface area contributed by atoms with Gasteiger partial charge in [0, 0.05) is 42.9 Å². The van der Waals surface area contributed by atoms with E-state index in [1.54, 1.807) is 66.7 Å². The van der Waals surface area contributed by atoms with Crippen LogP contribution < -0.4 is 21.1 Å². The zero-order chi connectivity index (χ0) is 27.8. The van der Waals surface area contributed by atoms with E-state index in [-0.39, 0.29) is 28.6 Å². The molecule has 0 aliphatic carbocycles. The molecule has 2 bridgehead atoms. The van der Waals surface area contributed by atoms with Gasteiger partial charge in [-0.3, -0.25) is 14.4 Å². The third-order valence-electron chi connectivity index (χ3n) is 7.57. The van der Waals surface area contributed by atoms with Gasteiger partial charge in [0.05, 0.1) is 27.6 Å². The van der Waals surface area contributed by atoms with Crippen molar-refractivity contribution in [2.45, 2.75) is 18.9 Å². The Morgan fingerprint density at radius 2 is 1.60 bits per heavy atom. The first-order chi connectivity index (χ1) is 19.4. The first-order valence-corrected chi connectivity index (χ1v) is 13.5. The van der Waals surface area contributed by atoms with Gasteiger partial charge in [-0.25, -0.2) is 4.39 Å². The van der Waals surface area contributed by atoms with Gasteiger partial charge in [0.2, 0.25) is 0 Å². The summed E-state index contributed by atoms with van der Waals surface area (Å²) in [4.78, 5) is 41.0. The molecule has 6 rings (SSSR count). The molecule has 1 saturated heterocycles. The van der Waals surface area contributed by atoms with Crippen LogP contribution in [0.3, 0.4) is 0 Å². The Morgan fingerprint density at radius 1 is 0.825 bits per heavy atom. The van der Waals surface area contributed by atoms with Gasteiger partial charge >= 0.3 is 0 Å². The average Bonchev–Trinajstić information content (AvgIpc) is 2.95. The Kier molecular flexibility index (Phi) is 6.86. The van der Waals surface area contributed by atoms with Crippen molar-refractivity contribution < 1.29 is 14.0 Å². The summed E-state index contributed by atoms with van der Waals surface area (Å²) in [6.45, 7) is 1.97. The van der Waals surface area contributed by atoms with Crippen molar-refractivity contribution in [1.82, 2.24) is 4.57 Å². The summed E-state index contributed by atoms with van der Waals surface area (Å²) in [5.41, 5.74) is 2.85. The molecule has 0 unspecified atom stereocenters. The molecule has 2 atom stereocenters. The van der Waals surface area contributed by atoms with E-state index in [0.29, 0.717) is 35.9 Å². The van der Waals surface area contributed by atoms with Gasteiger partial charge in [0.1, 0.15) is 5.82 Å². The van der Waals surface area contributed by atoms with E-state index in [2.05, 4.69) is 15.5 Å². The van der Waals surface area contributed by atoms with E-state index in [9.17, 15) is 18.8 Å². The van der Waals surface area contributed by atoms with Gasteiger partial charge < -0.3 is 20.1 Å². The van der Waals surface area contributed by atoms with E-state index in [1.165, 1.54) is 12.1 Å². The molecular formula is C31H26ClFN4O3. The monoisotopic (exact) mass is 556 g/mol. The fraction of sp³-hybridized carbons (Fsp3) is 0.194. The first kappa shape index (κ1) is 25.8. The maximum absolute atomic E-state index is 14.2. The minimum Gasteiger partial charge on any atom is -0.369 e. The highest BCUT2D eigenvalue weighted by Gasteiger charge is 2.35. The summed E-state index contributed by atoms with van der Waals surface area (Å²) in [5.74, 6) is -1.06. The van der Waals surface area contributed by atoms with E-state index >= 15 is 0 Å². The van der Waals surface area contributed by atoms with Crippen molar-refractivity contribution in [2.24, 2.45) is 5.92 Å². The first-order valence-electron chi connectivity index (χ1n) is 13.1. The zero-order valence-electron chi connectivity index (χ0n) is 21.4. The van der Waals surface area contributed by atoms with Crippen LogP contribution in [0.1, 0.15) is 38.7 Å². The topological polar surface area (TPSA) is 83.4 Å². The number of para-hydroxylation sites is 1. The lowest BCUT2D eigenvalue weighted by molar-refractivity contribution is 0.101. The lowest BCUT2D eigenvalue weighted by Gasteiger charge is -2.44. The quantitative estimate of drug-likeness (QED) is 0.327. The maximum atomic E-state index is 14.2. The van der Waals surface area contributed by atoms with Crippen molar-refractivity contribution in [3.05, 3.63) is 123 Å². The third-order valence-corrected chi connectivity index (χ3v) is 7.90. The van der Waals surface area contributed by atoms with E-state index in [1.807, 2.05) is 10.6 Å². The van der Waals surface area contributed by atoms with Gasteiger partial charge in [-0.2, -0.15) is 0 Å². The number of piperidine rings is 1. The number of hydrogen-bond acceptors (Lipinski definition) is 4. The largest absolute Gasteiger partial charge is 0.369 e. The van der Waals surface area contributed by atoms with Crippen LogP contribution in [0.2, 0.25) is 5.02 Å². The number of anilines is 3. The van der Waals surface area contributed by atoms with Crippen molar-refractivity contribution >= 4 is 40.5 Å². The standard InChI is InChI=1S/C31H26ClFN4O3/c32-23-7-2-1-6-22(23)31(40)35-26-15-20(30(39)34-25-9-4-3-8-24(25)33)12-13-28(26)36-16-19-14-21(18-36)27-10-5-11-29(38)37(27)17-19/h1-13,15,19,21H,14,16-18H2,(H,34,39)(H,35,40)/t19-,21+/m1/s1. The van der Waals surface area contributed by atoms with Crippen LogP contribution in [0.4, 0.5) is 21.5 Å². The summed E-state index contributed by atoms with van der Waals surface area (Å²) in [6, 6.07) is 23.1. The minimum absolute atomic E-state index is 0.0126. The Balaban J connectivity index is 1.34. The van der Waals surface area contributed by atoms with Crippen LogP contribution in [0.5, 0.6) is 0 Å². The zero-order valence-corrected chi connectivity index (χ0v) is 22.2. The average molecular weight is 557 g/mol. The van der Waals surface area contributed by atoms with Crippen molar-refractivity contribution in [2.75, 3.05) is 28.6 Å². The number of nitrogens with one attached hydrogen (secondary N) is 2. The fourth-order valence-electron chi connectivity index (χ4n) is 5.74. The number of aromatic nitrogens is 1. The van der Waals surface area contributed by atoms with Crippen molar-refractivity contribution in [1.29, 1.82) is 0 Å². The molecule has 0 saturated carbocycles. The smallest absolute Gasteiger partial charge is 0.257 e. The fourth-order valence-corrected chi connectivity index (χ4v) is 5.96. The number of hydrogen-bond donors (Lipinski definition) is 2. The maximum Gasteiger partial charge on any atom is 0.257 e. The molecule has 0 radical (unpaired) electrons. The molecule has 3 aromatic carbocycles. The van der Waals surface area contributed by atoms with Crippen LogP contribution >= 0.6 is 11.6 Å². The normalized spacial score (nSPS) is 17.6. The second kappa shape index (κ2) is 10.6. The molecule has 202 valence electrons. The highest BCUT2D eigenvalue weighted by Crippen LogP contribution is 2.39. The number of nitrogens with zero attached hydrogens (tertiary/aromatic N) is 2. The van der Waals surface area contributed by atoms with Crippen LogP contribution in [-0.4, -0.2) is 29.5 Å². The molecule has 4 aromatic rings. The van der Waals surface area contributed by atoms with Crippen LogP contribution in [-0.2, 0) is 6.54 Å². The Morgan fingerprint density at radius 3 is 2.42 bits per heavy atom. The van der Waals surface area contributed by atoms with Gasteiger partial charge in [0.25, 0.3) is 17.4 Å². The van der Waals surface area contributed by atoms with E-state index in [0.717, 1.165) is 17.8 Å². The number of carbonyl (C=O) groups is 2. The van der Waals surface area contributed by atoms with Crippen LogP contribution in [0, 0.1) is 11.7 Å². The second-order valence-corrected chi connectivity index (χ2v) is 10.6. The van der Waals surface area contributed by atoms with Gasteiger partial charge in [-0.15, -0.1) is 0 Å². The Labute approximate surface area is 235 Å². The third kappa shape index (κ3) is 4.98. The SMILES string of the molecule is O=C(Nc1ccccc1F)c1ccc(N2C[C@H]3C[C@@H](C2)c2cccc(=O)n2C3)c(NC(=O)c2ccccc2Cl)c1. The summed E-state index contributed by atoms with van der Waals surface area (Å²) in [6.07, 6.45) is 0.977. The van der Waals surface area contributed by atoms with E-state index < -0.39 is 17.6 Å². The number of carbonyl (C=O) groups excluding carboxylic acids is 2. The number of amides is 2. The molecule has 1 fully saturated rings. The summed E-state index contributed by atoms with van der Waals surface area (Å²) in [5, 5.41) is 5.87. The number of pyridine rings is 1. The molecule has 3 heterocycles. The number of rotatable bonds is 5. The molecule has 2 aliphatic heterocycles. The Hall–Kier alpha value is -4.43. The van der Waals surface area contributed by atoms with Gasteiger partial charge in [-0.1, -0.05) is 41.9 Å². The van der Waals surface area contributed by atoms with Crippen molar-refractivity contribution in [3.63, 3.8) is 0 Å². The van der Waals surface area contributed by atoms with E-state index in [4.69, 9.17) is 11.6 Å². The number of fused-ring (bicyclic) bond motifs is 4. The van der Waals surface area contributed by atoms with Crippen LogP contribution in [0.15, 0.2) is 89.7 Å². The Bertz CT molecular complexity index is 1690. The molecular weight excluding hydrogens is 531 g/mol. The highest BCUT2D eigenvalue weighted by molar-refractivity contribution is 6.34. The predicted molar refractivity (Wildman–Crippen MR) is 154 cm³/mol. The number of benzene rings is 3. The lowest BCUT2D eigenvalue weighted by atomic mass is 9.83. The molecule has 7 nitrogen and oxygen atoms in total. The van der Waals surface area contributed by atoms with Gasteiger partial charge in [-0.05, 0) is 60.9 Å². The molecule has 2 amide bonds. The molecule has 1 aromatic heterocycles. The molecule has 0 spiro atoms. The molecule has 9 heteroatoms. The lowest BCUT2D eigenvalue weighted by Crippen LogP contribution is -2.47. The minimum atomic E-state index is -0.543.